The number of hydrogen-bond donors (Lipinski definition) is 2. The topological polar surface area (TPSA) is 123 Å². The van der Waals surface area contributed by atoms with Crippen LogP contribution in [0.5, 0.6) is 0 Å². The van der Waals surface area contributed by atoms with Crippen LogP contribution >= 0.6 is 0 Å². The number of pyridine rings is 2. The van der Waals surface area contributed by atoms with Crippen LogP contribution in [0.2, 0.25) is 0 Å². The zero-order valence-corrected chi connectivity index (χ0v) is 16.0. The van der Waals surface area contributed by atoms with Crippen LogP contribution in [0.15, 0.2) is 49.3 Å². The SMILES string of the molecule is CC(C)C(O)c1nnc2ccc(C(=O)NCc3cccnc3-n3cncn3)cn12. The standard InChI is InChI=1S/C19H20N8O2/c1-12(2)16(28)18-25-24-15-6-5-14(9-26(15)18)19(29)22-8-13-4-3-7-21-17(13)27-11-20-10-23-27/h3-7,9-12,16,28H,8H2,1-2H3,(H,22,29). The summed E-state index contributed by atoms with van der Waals surface area (Å²) < 4.78 is 3.19. The highest BCUT2D eigenvalue weighted by Crippen LogP contribution is 2.20. The molecule has 0 fully saturated rings. The van der Waals surface area contributed by atoms with Gasteiger partial charge in [-0.1, -0.05) is 19.9 Å². The van der Waals surface area contributed by atoms with Crippen LogP contribution in [0.3, 0.4) is 0 Å². The summed E-state index contributed by atoms with van der Waals surface area (Å²) in [5.41, 5.74) is 1.80. The van der Waals surface area contributed by atoms with Gasteiger partial charge in [-0.2, -0.15) is 5.10 Å². The summed E-state index contributed by atoms with van der Waals surface area (Å²) in [5.74, 6) is 0.715. The second-order valence-corrected chi connectivity index (χ2v) is 6.90. The summed E-state index contributed by atoms with van der Waals surface area (Å²) in [4.78, 5) is 21.0. The maximum atomic E-state index is 12.7. The Morgan fingerprint density at radius 3 is 2.86 bits per heavy atom. The first-order valence-electron chi connectivity index (χ1n) is 9.14. The Kier molecular flexibility index (Phi) is 5.00. The third-order valence-electron chi connectivity index (χ3n) is 4.53. The Morgan fingerprint density at radius 2 is 2.10 bits per heavy atom. The molecule has 0 aliphatic carbocycles. The summed E-state index contributed by atoms with van der Waals surface area (Å²) in [6.45, 7) is 4.05. The van der Waals surface area contributed by atoms with Crippen LogP contribution in [0.25, 0.3) is 11.5 Å². The van der Waals surface area contributed by atoms with Crippen molar-refractivity contribution in [2.75, 3.05) is 0 Å². The number of fused-ring (bicyclic) bond motifs is 1. The van der Waals surface area contributed by atoms with E-state index in [1.165, 1.54) is 6.33 Å². The van der Waals surface area contributed by atoms with Crippen LogP contribution in [0.4, 0.5) is 0 Å². The van der Waals surface area contributed by atoms with Gasteiger partial charge in [0.2, 0.25) is 0 Å². The number of rotatable bonds is 6. The highest BCUT2D eigenvalue weighted by atomic mass is 16.3. The summed E-state index contributed by atoms with van der Waals surface area (Å²) in [6.07, 6.45) is 5.49. The average molecular weight is 392 g/mol. The minimum Gasteiger partial charge on any atom is -0.385 e. The molecule has 0 aromatic carbocycles. The third kappa shape index (κ3) is 3.69. The van der Waals surface area contributed by atoms with Crippen molar-refractivity contribution in [3.8, 4) is 5.82 Å². The molecule has 1 unspecified atom stereocenters. The van der Waals surface area contributed by atoms with Crippen molar-refractivity contribution in [1.82, 2.24) is 39.7 Å². The lowest BCUT2D eigenvalue weighted by atomic mass is 10.1. The number of nitrogens with one attached hydrogen (secondary N) is 1. The minimum absolute atomic E-state index is 0.0272. The van der Waals surface area contributed by atoms with Gasteiger partial charge in [0.1, 0.15) is 18.8 Å². The molecule has 0 spiro atoms. The first-order chi connectivity index (χ1) is 14.0. The quantitative estimate of drug-likeness (QED) is 0.507. The third-order valence-corrected chi connectivity index (χ3v) is 4.53. The van der Waals surface area contributed by atoms with Crippen LogP contribution in [0, 0.1) is 5.92 Å². The van der Waals surface area contributed by atoms with E-state index in [1.54, 1.807) is 46.0 Å². The molecule has 0 aliphatic heterocycles. The molecular weight excluding hydrogens is 372 g/mol. The van der Waals surface area contributed by atoms with Crippen molar-refractivity contribution < 1.29 is 9.90 Å². The maximum absolute atomic E-state index is 12.7. The Bertz CT molecular complexity index is 1140. The van der Waals surface area contributed by atoms with E-state index in [9.17, 15) is 9.90 Å². The second kappa shape index (κ2) is 7.76. The molecular formula is C19H20N8O2. The fourth-order valence-corrected chi connectivity index (χ4v) is 2.91. The van der Waals surface area contributed by atoms with Gasteiger partial charge in [0, 0.05) is 24.5 Å². The van der Waals surface area contributed by atoms with E-state index >= 15 is 0 Å². The van der Waals surface area contributed by atoms with Gasteiger partial charge in [-0.15, -0.1) is 10.2 Å². The van der Waals surface area contributed by atoms with E-state index < -0.39 is 6.10 Å². The fourth-order valence-electron chi connectivity index (χ4n) is 2.91. The van der Waals surface area contributed by atoms with E-state index in [4.69, 9.17) is 0 Å². The molecule has 0 bridgehead atoms. The lowest BCUT2D eigenvalue weighted by Gasteiger charge is -2.13. The zero-order valence-electron chi connectivity index (χ0n) is 16.0. The number of carbonyl (C=O) groups is 1. The van der Waals surface area contributed by atoms with Crippen molar-refractivity contribution >= 4 is 11.6 Å². The molecule has 4 aromatic heterocycles. The molecule has 4 aromatic rings. The molecule has 0 saturated carbocycles. The van der Waals surface area contributed by atoms with Crippen molar-refractivity contribution in [2.24, 2.45) is 5.92 Å². The van der Waals surface area contributed by atoms with Gasteiger partial charge in [0.15, 0.2) is 17.3 Å². The Balaban J connectivity index is 1.55. The Morgan fingerprint density at radius 1 is 1.24 bits per heavy atom. The number of nitrogens with zero attached hydrogens (tertiary/aromatic N) is 7. The summed E-state index contributed by atoms with van der Waals surface area (Å²) in [6, 6.07) is 7.03. The van der Waals surface area contributed by atoms with Crippen LogP contribution in [-0.2, 0) is 6.54 Å². The van der Waals surface area contributed by atoms with Crippen molar-refractivity contribution in [2.45, 2.75) is 26.5 Å². The molecule has 29 heavy (non-hydrogen) atoms. The zero-order chi connectivity index (χ0) is 20.4. The maximum Gasteiger partial charge on any atom is 0.253 e. The number of aliphatic hydroxyl groups excluding tert-OH is 1. The van der Waals surface area contributed by atoms with Gasteiger partial charge in [-0.3, -0.25) is 9.20 Å². The molecule has 1 amide bonds. The Hall–Kier alpha value is -3.66. The molecule has 0 aliphatic rings. The number of amides is 1. The van der Waals surface area contributed by atoms with E-state index in [0.29, 0.717) is 22.9 Å². The van der Waals surface area contributed by atoms with Crippen molar-refractivity contribution in [3.63, 3.8) is 0 Å². The largest absolute Gasteiger partial charge is 0.385 e. The molecule has 4 rings (SSSR count). The highest BCUT2D eigenvalue weighted by Gasteiger charge is 2.19. The predicted octanol–water partition coefficient (Wildman–Crippen LogP) is 1.32. The molecule has 148 valence electrons. The predicted molar refractivity (Wildman–Crippen MR) is 103 cm³/mol. The van der Waals surface area contributed by atoms with E-state index in [2.05, 4.69) is 30.6 Å². The van der Waals surface area contributed by atoms with Crippen LogP contribution < -0.4 is 5.32 Å². The highest BCUT2D eigenvalue weighted by molar-refractivity contribution is 5.94. The monoisotopic (exact) mass is 392 g/mol. The molecule has 4 heterocycles. The lowest BCUT2D eigenvalue weighted by molar-refractivity contribution is 0.0949. The molecule has 0 radical (unpaired) electrons. The smallest absolute Gasteiger partial charge is 0.253 e. The van der Waals surface area contributed by atoms with Gasteiger partial charge in [-0.25, -0.2) is 14.6 Å². The van der Waals surface area contributed by atoms with Gasteiger partial charge < -0.3 is 10.4 Å². The van der Waals surface area contributed by atoms with E-state index in [1.807, 2.05) is 19.9 Å². The molecule has 1 atom stereocenters. The van der Waals surface area contributed by atoms with Crippen molar-refractivity contribution in [1.29, 1.82) is 0 Å². The minimum atomic E-state index is -0.774. The van der Waals surface area contributed by atoms with Crippen LogP contribution in [-0.4, -0.2) is 45.4 Å². The Labute approximate surface area is 166 Å². The van der Waals surface area contributed by atoms with Gasteiger partial charge in [-0.05, 0) is 24.1 Å². The summed E-state index contributed by atoms with van der Waals surface area (Å²) >= 11 is 0. The number of hydrogen-bond acceptors (Lipinski definition) is 7. The average Bonchev–Trinajstić information content (AvgIpc) is 3.41. The lowest BCUT2D eigenvalue weighted by Crippen LogP contribution is -2.24. The molecule has 0 saturated heterocycles. The summed E-state index contributed by atoms with van der Waals surface area (Å²) in [7, 11) is 0. The first kappa shape index (κ1) is 18.7. The normalized spacial score (nSPS) is 12.4. The summed E-state index contributed by atoms with van der Waals surface area (Å²) in [5, 5.41) is 25.4. The molecule has 10 heteroatoms. The molecule has 2 N–H and O–H groups in total. The number of aliphatic hydroxyl groups is 1. The fraction of sp³-hybridized carbons (Fsp3) is 0.263. The van der Waals surface area contributed by atoms with E-state index in [-0.39, 0.29) is 18.4 Å². The number of aromatic nitrogens is 7. The molecule has 10 nitrogen and oxygen atoms in total. The van der Waals surface area contributed by atoms with Gasteiger partial charge in [0.25, 0.3) is 5.91 Å². The van der Waals surface area contributed by atoms with Gasteiger partial charge in [0.05, 0.1) is 5.56 Å². The van der Waals surface area contributed by atoms with E-state index in [0.717, 1.165) is 5.56 Å². The van der Waals surface area contributed by atoms with Crippen LogP contribution in [0.1, 0.15) is 41.7 Å². The first-order valence-corrected chi connectivity index (χ1v) is 9.14. The van der Waals surface area contributed by atoms with Gasteiger partial charge >= 0.3 is 0 Å². The second-order valence-electron chi connectivity index (χ2n) is 6.90. The van der Waals surface area contributed by atoms with Crippen molar-refractivity contribution in [3.05, 3.63) is 66.3 Å². The number of carbonyl (C=O) groups excluding carboxylic acids is 1.